The number of aromatic nitrogens is 2. The number of imidazole rings is 1. The Morgan fingerprint density at radius 3 is 2.80 bits per heavy atom. The van der Waals surface area contributed by atoms with E-state index in [2.05, 4.69) is 10.3 Å². The SMILES string of the molecule is Cc1cc(Cl)ccc1NC(=O)c1cc(=O)n2c(nc3ccccc32)s1. The topological polar surface area (TPSA) is 63.5 Å². The molecule has 0 fully saturated rings. The van der Waals surface area contributed by atoms with Gasteiger partial charge in [0.15, 0.2) is 4.96 Å². The molecule has 2 heterocycles. The molecule has 0 aliphatic rings. The van der Waals surface area contributed by atoms with Gasteiger partial charge in [0, 0.05) is 16.8 Å². The molecule has 7 heteroatoms. The number of anilines is 1. The summed E-state index contributed by atoms with van der Waals surface area (Å²) < 4.78 is 1.52. The minimum atomic E-state index is -0.345. The summed E-state index contributed by atoms with van der Waals surface area (Å²) in [6, 6.07) is 13.9. The van der Waals surface area contributed by atoms with Gasteiger partial charge in [0.25, 0.3) is 11.5 Å². The molecule has 2 aromatic carbocycles. The van der Waals surface area contributed by atoms with Gasteiger partial charge in [0.2, 0.25) is 0 Å². The third kappa shape index (κ3) is 2.79. The van der Waals surface area contributed by atoms with Crippen LogP contribution in [0.15, 0.2) is 53.3 Å². The predicted octanol–water partition coefficient (Wildman–Crippen LogP) is 4.12. The normalized spacial score (nSPS) is 11.1. The molecule has 1 N–H and O–H groups in total. The Labute approximate surface area is 151 Å². The quantitative estimate of drug-likeness (QED) is 0.578. The third-order valence-corrected chi connectivity index (χ3v) is 5.08. The van der Waals surface area contributed by atoms with Crippen molar-refractivity contribution < 1.29 is 4.79 Å². The van der Waals surface area contributed by atoms with Gasteiger partial charge in [0.05, 0.1) is 11.0 Å². The van der Waals surface area contributed by atoms with Gasteiger partial charge < -0.3 is 5.32 Å². The molecule has 0 radical (unpaired) electrons. The van der Waals surface area contributed by atoms with Gasteiger partial charge >= 0.3 is 0 Å². The van der Waals surface area contributed by atoms with Crippen LogP contribution >= 0.6 is 22.9 Å². The first kappa shape index (κ1) is 15.8. The van der Waals surface area contributed by atoms with E-state index in [0.717, 1.165) is 16.6 Å². The molecule has 0 atom stereocenters. The second kappa shape index (κ2) is 5.98. The first-order valence-electron chi connectivity index (χ1n) is 7.52. The number of carbonyl (C=O) groups excluding carboxylic acids is 1. The van der Waals surface area contributed by atoms with E-state index >= 15 is 0 Å². The van der Waals surface area contributed by atoms with Crippen molar-refractivity contribution in [3.63, 3.8) is 0 Å². The number of rotatable bonds is 2. The summed E-state index contributed by atoms with van der Waals surface area (Å²) in [5.41, 5.74) is 2.69. The summed E-state index contributed by atoms with van der Waals surface area (Å²) in [6.45, 7) is 1.86. The molecular weight excluding hydrogens is 358 g/mol. The van der Waals surface area contributed by atoms with Crippen molar-refractivity contribution in [1.82, 2.24) is 9.38 Å². The molecule has 0 bridgehead atoms. The molecule has 0 unspecified atom stereocenters. The maximum atomic E-state index is 12.6. The smallest absolute Gasteiger partial charge is 0.266 e. The summed E-state index contributed by atoms with van der Waals surface area (Å²) in [6.07, 6.45) is 0. The first-order valence-corrected chi connectivity index (χ1v) is 8.71. The zero-order valence-corrected chi connectivity index (χ0v) is 14.7. The molecule has 124 valence electrons. The Morgan fingerprint density at radius 1 is 1.20 bits per heavy atom. The summed E-state index contributed by atoms with van der Waals surface area (Å²) in [7, 11) is 0. The average molecular weight is 370 g/mol. The largest absolute Gasteiger partial charge is 0.321 e. The van der Waals surface area contributed by atoms with Crippen LogP contribution in [-0.4, -0.2) is 15.3 Å². The predicted molar refractivity (Wildman–Crippen MR) is 101 cm³/mol. The number of nitrogens with one attached hydrogen (secondary N) is 1. The lowest BCUT2D eigenvalue weighted by Gasteiger charge is -2.08. The van der Waals surface area contributed by atoms with E-state index in [1.165, 1.54) is 21.8 Å². The van der Waals surface area contributed by atoms with E-state index < -0.39 is 0 Å². The van der Waals surface area contributed by atoms with Gasteiger partial charge in [-0.15, -0.1) is 0 Å². The number of hydrogen-bond donors (Lipinski definition) is 1. The summed E-state index contributed by atoms with van der Waals surface area (Å²) in [5, 5.41) is 3.42. The fourth-order valence-electron chi connectivity index (χ4n) is 2.65. The molecule has 0 saturated heterocycles. The molecule has 0 spiro atoms. The Kier molecular flexibility index (Phi) is 3.78. The summed E-state index contributed by atoms with van der Waals surface area (Å²) >= 11 is 7.11. The van der Waals surface area contributed by atoms with E-state index in [9.17, 15) is 9.59 Å². The molecule has 25 heavy (non-hydrogen) atoms. The molecule has 4 aromatic rings. The lowest BCUT2D eigenvalue weighted by atomic mass is 10.2. The van der Waals surface area contributed by atoms with E-state index in [1.54, 1.807) is 18.2 Å². The number of amides is 1. The zero-order valence-electron chi connectivity index (χ0n) is 13.1. The van der Waals surface area contributed by atoms with Crippen LogP contribution in [0.3, 0.4) is 0 Å². The Bertz CT molecular complexity index is 1200. The van der Waals surface area contributed by atoms with Crippen LogP contribution in [0.2, 0.25) is 5.02 Å². The number of hydrogen-bond acceptors (Lipinski definition) is 4. The molecule has 0 saturated carbocycles. The fourth-order valence-corrected chi connectivity index (χ4v) is 3.80. The lowest BCUT2D eigenvalue weighted by molar-refractivity contribution is 0.103. The standard InChI is InChI=1S/C18H12ClN3O2S/c1-10-8-11(19)6-7-12(10)20-17(24)15-9-16(23)22-14-5-3-2-4-13(14)21-18(22)25-15/h2-9H,1H3,(H,20,24). The van der Waals surface area contributed by atoms with E-state index in [0.29, 0.717) is 20.5 Å². The highest BCUT2D eigenvalue weighted by molar-refractivity contribution is 7.18. The molecule has 0 aliphatic carbocycles. The second-order valence-electron chi connectivity index (χ2n) is 5.58. The zero-order chi connectivity index (χ0) is 17.6. The van der Waals surface area contributed by atoms with Gasteiger partial charge in [-0.25, -0.2) is 4.98 Å². The van der Waals surface area contributed by atoms with Crippen molar-refractivity contribution in [3.05, 3.63) is 74.3 Å². The van der Waals surface area contributed by atoms with Crippen LogP contribution in [0, 0.1) is 6.92 Å². The molecule has 2 aromatic heterocycles. The molecule has 1 amide bonds. The highest BCUT2D eigenvalue weighted by Gasteiger charge is 2.14. The van der Waals surface area contributed by atoms with Crippen LogP contribution in [0.4, 0.5) is 5.69 Å². The summed E-state index contributed by atoms with van der Waals surface area (Å²) in [4.78, 5) is 30.3. The lowest BCUT2D eigenvalue weighted by Crippen LogP contribution is -2.17. The van der Waals surface area contributed by atoms with E-state index in [4.69, 9.17) is 11.6 Å². The van der Waals surface area contributed by atoms with Crippen molar-refractivity contribution in [2.45, 2.75) is 6.92 Å². The van der Waals surface area contributed by atoms with Crippen molar-refractivity contribution in [2.24, 2.45) is 0 Å². The minimum absolute atomic E-state index is 0.277. The number of carbonyl (C=O) groups is 1. The van der Waals surface area contributed by atoms with Crippen LogP contribution in [0.5, 0.6) is 0 Å². The van der Waals surface area contributed by atoms with Gasteiger partial charge in [0.1, 0.15) is 4.88 Å². The minimum Gasteiger partial charge on any atom is -0.321 e. The number of aryl methyl sites for hydroxylation is 1. The molecular formula is C18H12ClN3O2S. The molecule has 0 aliphatic heterocycles. The van der Waals surface area contributed by atoms with Gasteiger partial charge in [-0.1, -0.05) is 35.1 Å². The third-order valence-electron chi connectivity index (χ3n) is 3.87. The van der Waals surface area contributed by atoms with Crippen molar-refractivity contribution in [3.8, 4) is 0 Å². The van der Waals surface area contributed by atoms with Crippen LogP contribution in [-0.2, 0) is 0 Å². The van der Waals surface area contributed by atoms with Crippen LogP contribution in [0.1, 0.15) is 15.2 Å². The highest BCUT2D eigenvalue weighted by atomic mass is 35.5. The van der Waals surface area contributed by atoms with Crippen molar-refractivity contribution in [1.29, 1.82) is 0 Å². The second-order valence-corrected chi connectivity index (χ2v) is 7.03. The Morgan fingerprint density at radius 2 is 2.00 bits per heavy atom. The van der Waals surface area contributed by atoms with E-state index in [1.807, 2.05) is 31.2 Å². The number of nitrogens with zero attached hydrogens (tertiary/aromatic N) is 2. The summed E-state index contributed by atoms with van der Waals surface area (Å²) in [5.74, 6) is -0.345. The van der Waals surface area contributed by atoms with Crippen molar-refractivity contribution >= 4 is 50.5 Å². The fraction of sp³-hybridized carbons (Fsp3) is 0.0556. The highest BCUT2D eigenvalue weighted by Crippen LogP contribution is 2.22. The number of fused-ring (bicyclic) bond motifs is 3. The van der Waals surface area contributed by atoms with Crippen molar-refractivity contribution in [2.75, 3.05) is 5.32 Å². The van der Waals surface area contributed by atoms with Crippen LogP contribution in [0.25, 0.3) is 16.0 Å². The van der Waals surface area contributed by atoms with Gasteiger partial charge in [-0.05, 0) is 42.8 Å². The van der Waals surface area contributed by atoms with Gasteiger partial charge in [-0.3, -0.25) is 14.0 Å². The maximum Gasteiger partial charge on any atom is 0.266 e. The number of para-hydroxylation sites is 2. The molecule has 4 rings (SSSR count). The number of benzene rings is 2. The van der Waals surface area contributed by atoms with Crippen LogP contribution < -0.4 is 10.9 Å². The van der Waals surface area contributed by atoms with Gasteiger partial charge in [-0.2, -0.15) is 0 Å². The maximum absolute atomic E-state index is 12.6. The monoisotopic (exact) mass is 369 g/mol. The number of halogens is 1. The van der Waals surface area contributed by atoms with E-state index in [-0.39, 0.29) is 11.5 Å². The average Bonchev–Trinajstić information content (AvgIpc) is 2.96. The Hall–Kier alpha value is -2.70. The molecule has 5 nitrogen and oxygen atoms in total. The Balaban J connectivity index is 1.77. The first-order chi connectivity index (χ1) is 12.0.